The van der Waals surface area contributed by atoms with E-state index in [0.29, 0.717) is 5.22 Å². The zero-order valence-electron chi connectivity index (χ0n) is 9.81. The summed E-state index contributed by atoms with van der Waals surface area (Å²) < 4.78 is 5.60. The standard InChI is InChI=1S/C15H11ClOS/c1-18-14-13-11(10-6-3-2-4-7-10)8-5-9-12(13)17-15(14)16/h2-9H,1H3. The van der Waals surface area contributed by atoms with E-state index in [1.807, 2.05) is 36.6 Å². The van der Waals surface area contributed by atoms with Gasteiger partial charge in [0.05, 0.1) is 4.90 Å². The van der Waals surface area contributed by atoms with Crippen LogP contribution in [0.3, 0.4) is 0 Å². The quantitative estimate of drug-likeness (QED) is 0.574. The lowest BCUT2D eigenvalue weighted by atomic mass is 10.0. The van der Waals surface area contributed by atoms with Crippen LogP contribution in [0.15, 0.2) is 57.8 Å². The van der Waals surface area contributed by atoms with Crippen LogP contribution >= 0.6 is 23.4 Å². The van der Waals surface area contributed by atoms with Crippen molar-refractivity contribution in [3.63, 3.8) is 0 Å². The molecule has 3 aromatic rings. The highest BCUT2D eigenvalue weighted by molar-refractivity contribution is 7.99. The molecular weight excluding hydrogens is 264 g/mol. The third-order valence-electron chi connectivity index (χ3n) is 2.92. The van der Waals surface area contributed by atoms with Gasteiger partial charge in [0.15, 0.2) is 0 Å². The summed E-state index contributed by atoms with van der Waals surface area (Å²) in [7, 11) is 0. The third-order valence-corrected chi connectivity index (χ3v) is 4.10. The van der Waals surface area contributed by atoms with E-state index in [2.05, 4.69) is 18.2 Å². The molecule has 18 heavy (non-hydrogen) atoms. The van der Waals surface area contributed by atoms with Gasteiger partial charge < -0.3 is 4.42 Å². The lowest BCUT2D eigenvalue weighted by Crippen LogP contribution is -1.79. The van der Waals surface area contributed by atoms with E-state index >= 15 is 0 Å². The SMILES string of the molecule is CSc1c(Cl)oc2cccc(-c3ccccc3)c12. The lowest BCUT2D eigenvalue weighted by Gasteiger charge is -2.04. The molecule has 0 unspecified atom stereocenters. The number of fused-ring (bicyclic) bond motifs is 1. The van der Waals surface area contributed by atoms with Gasteiger partial charge in [-0.25, -0.2) is 0 Å². The Labute approximate surface area is 115 Å². The molecule has 90 valence electrons. The summed E-state index contributed by atoms with van der Waals surface area (Å²) in [5.74, 6) is 0. The first-order chi connectivity index (χ1) is 8.81. The summed E-state index contributed by atoms with van der Waals surface area (Å²) in [5.41, 5.74) is 3.18. The Kier molecular flexibility index (Phi) is 3.06. The number of hydrogen-bond acceptors (Lipinski definition) is 2. The van der Waals surface area contributed by atoms with Crippen molar-refractivity contribution in [3.05, 3.63) is 53.8 Å². The molecule has 0 bridgehead atoms. The van der Waals surface area contributed by atoms with Crippen molar-refractivity contribution >= 4 is 34.3 Å². The molecule has 0 saturated heterocycles. The van der Waals surface area contributed by atoms with E-state index in [1.165, 1.54) is 5.56 Å². The zero-order chi connectivity index (χ0) is 12.5. The van der Waals surface area contributed by atoms with E-state index in [9.17, 15) is 0 Å². The highest BCUT2D eigenvalue weighted by Crippen LogP contribution is 2.41. The molecule has 0 aliphatic carbocycles. The minimum atomic E-state index is 0.473. The normalized spacial score (nSPS) is 11.0. The Morgan fingerprint density at radius 2 is 1.78 bits per heavy atom. The van der Waals surface area contributed by atoms with Crippen LogP contribution in [0.5, 0.6) is 0 Å². The van der Waals surface area contributed by atoms with Crippen LogP contribution in [0, 0.1) is 0 Å². The molecule has 0 aliphatic rings. The molecule has 0 aliphatic heterocycles. The molecule has 0 radical (unpaired) electrons. The summed E-state index contributed by atoms with van der Waals surface area (Å²) in [5, 5.41) is 1.57. The van der Waals surface area contributed by atoms with Crippen LogP contribution in [0.25, 0.3) is 22.1 Å². The Morgan fingerprint density at radius 3 is 2.50 bits per heavy atom. The first kappa shape index (κ1) is 11.7. The fraction of sp³-hybridized carbons (Fsp3) is 0.0667. The van der Waals surface area contributed by atoms with Crippen LogP contribution in [-0.2, 0) is 0 Å². The van der Waals surface area contributed by atoms with Crippen molar-refractivity contribution < 1.29 is 4.42 Å². The second-order valence-corrected chi connectivity index (χ2v) is 5.11. The molecule has 1 aromatic heterocycles. The van der Waals surface area contributed by atoms with Gasteiger partial charge in [0, 0.05) is 5.39 Å². The molecule has 0 fully saturated rings. The smallest absolute Gasteiger partial charge is 0.208 e. The van der Waals surface area contributed by atoms with Gasteiger partial charge in [0.1, 0.15) is 5.58 Å². The molecule has 3 heteroatoms. The van der Waals surface area contributed by atoms with Crippen molar-refractivity contribution in [3.8, 4) is 11.1 Å². The summed E-state index contributed by atoms with van der Waals surface area (Å²) >= 11 is 7.75. The van der Waals surface area contributed by atoms with E-state index < -0.39 is 0 Å². The maximum Gasteiger partial charge on any atom is 0.208 e. The van der Waals surface area contributed by atoms with Crippen molar-refractivity contribution in [2.45, 2.75) is 4.90 Å². The van der Waals surface area contributed by atoms with Gasteiger partial charge in [-0.2, -0.15) is 0 Å². The van der Waals surface area contributed by atoms with Gasteiger partial charge in [0.25, 0.3) is 0 Å². The van der Waals surface area contributed by atoms with Gasteiger partial charge in [-0.15, -0.1) is 11.8 Å². The molecule has 0 amide bonds. The maximum absolute atomic E-state index is 6.14. The molecule has 0 atom stereocenters. The monoisotopic (exact) mass is 274 g/mol. The predicted molar refractivity (Wildman–Crippen MR) is 78.4 cm³/mol. The van der Waals surface area contributed by atoms with Gasteiger partial charge >= 0.3 is 0 Å². The fourth-order valence-electron chi connectivity index (χ4n) is 2.13. The second-order valence-electron chi connectivity index (χ2n) is 3.95. The number of hydrogen-bond donors (Lipinski definition) is 0. The topological polar surface area (TPSA) is 13.1 Å². The Bertz CT molecular complexity index is 688. The van der Waals surface area contributed by atoms with Crippen LogP contribution in [0.4, 0.5) is 0 Å². The van der Waals surface area contributed by atoms with Crippen molar-refractivity contribution in [2.24, 2.45) is 0 Å². The molecule has 1 nitrogen and oxygen atoms in total. The highest BCUT2D eigenvalue weighted by Gasteiger charge is 2.15. The molecule has 2 aromatic carbocycles. The Hall–Kier alpha value is -1.38. The van der Waals surface area contributed by atoms with Crippen molar-refractivity contribution in [2.75, 3.05) is 6.26 Å². The average Bonchev–Trinajstić information content (AvgIpc) is 2.74. The van der Waals surface area contributed by atoms with Gasteiger partial charge in [-0.05, 0) is 35.0 Å². The highest BCUT2D eigenvalue weighted by atomic mass is 35.5. The van der Waals surface area contributed by atoms with E-state index in [4.69, 9.17) is 16.0 Å². The largest absolute Gasteiger partial charge is 0.443 e. The van der Waals surface area contributed by atoms with Crippen molar-refractivity contribution in [1.29, 1.82) is 0 Å². The molecule has 0 saturated carbocycles. The van der Waals surface area contributed by atoms with Crippen molar-refractivity contribution in [1.82, 2.24) is 0 Å². The Balaban J connectivity index is 2.36. The number of benzene rings is 2. The molecule has 1 heterocycles. The summed E-state index contributed by atoms with van der Waals surface area (Å²) in [4.78, 5) is 1.01. The Morgan fingerprint density at radius 1 is 1.00 bits per heavy atom. The van der Waals surface area contributed by atoms with Gasteiger partial charge in [0.2, 0.25) is 5.22 Å². The van der Waals surface area contributed by atoms with E-state index in [0.717, 1.165) is 21.4 Å². The van der Waals surface area contributed by atoms with E-state index in [-0.39, 0.29) is 0 Å². The fourth-order valence-corrected chi connectivity index (χ4v) is 3.16. The molecule has 0 N–H and O–H groups in total. The maximum atomic E-state index is 6.14. The molecule has 0 spiro atoms. The lowest BCUT2D eigenvalue weighted by molar-refractivity contribution is 0.610. The van der Waals surface area contributed by atoms with Crippen LogP contribution in [0.2, 0.25) is 5.22 Å². The third kappa shape index (κ3) is 1.82. The summed E-state index contributed by atoms with van der Waals surface area (Å²) in [6, 6.07) is 16.3. The molecule has 3 rings (SSSR count). The van der Waals surface area contributed by atoms with Crippen LogP contribution in [0.1, 0.15) is 0 Å². The van der Waals surface area contributed by atoms with Crippen LogP contribution < -0.4 is 0 Å². The zero-order valence-corrected chi connectivity index (χ0v) is 11.4. The first-order valence-electron chi connectivity index (χ1n) is 5.61. The van der Waals surface area contributed by atoms with Gasteiger partial charge in [-0.3, -0.25) is 0 Å². The number of thioether (sulfide) groups is 1. The van der Waals surface area contributed by atoms with Gasteiger partial charge in [-0.1, -0.05) is 42.5 Å². The molecular formula is C15H11ClOS. The minimum Gasteiger partial charge on any atom is -0.443 e. The average molecular weight is 275 g/mol. The predicted octanol–water partition coefficient (Wildman–Crippen LogP) is 5.48. The summed E-state index contributed by atoms with van der Waals surface area (Å²) in [6.45, 7) is 0. The number of furan rings is 1. The minimum absolute atomic E-state index is 0.473. The number of rotatable bonds is 2. The second kappa shape index (κ2) is 4.71. The summed E-state index contributed by atoms with van der Waals surface area (Å²) in [6.07, 6.45) is 2.01. The number of halogens is 1. The first-order valence-corrected chi connectivity index (χ1v) is 7.22. The van der Waals surface area contributed by atoms with E-state index in [1.54, 1.807) is 11.8 Å². The van der Waals surface area contributed by atoms with Crippen LogP contribution in [-0.4, -0.2) is 6.26 Å².